The van der Waals surface area contributed by atoms with Gasteiger partial charge in [-0.05, 0) is 52.4 Å². The molecule has 0 aliphatic heterocycles. The minimum atomic E-state index is -0.104. The summed E-state index contributed by atoms with van der Waals surface area (Å²) in [5, 5.41) is 22.3. The smallest absolute Gasteiger partial charge is 0.226 e. The van der Waals surface area contributed by atoms with Crippen LogP contribution in [-0.4, -0.2) is 43.7 Å². The number of Topliss-reactive ketones (excluding diaryl/α,β-unsaturated/α-hetero) is 3. The lowest BCUT2D eigenvalue weighted by atomic mass is 10.1. The van der Waals surface area contributed by atoms with Crippen molar-refractivity contribution in [2.75, 3.05) is 5.32 Å². The first-order chi connectivity index (χ1) is 16.3. The maximum Gasteiger partial charge on any atom is 0.226 e. The first-order valence-corrected chi connectivity index (χ1v) is 13.4. The van der Waals surface area contributed by atoms with E-state index in [-0.39, 0.29) is 23.3 Å². The SMILES string of the molecule is CC(=O)CCCCC(=O)Cc1nnc(CCCCc2nnc(NC(=O)CCCCC(C)=O)s2)s1. The Labute approximate surface area is 208 Å². The number of hydrogen-bond acceptors (Lipinski definition) is 10. The summed E-state index contributed by atoms with van der Waals surface area (Å²) in [6, 6.07) is 0. The summed E-state index contributed by atoms with van der Waals surface area (Å²) in [5.74, 6) is 0.340. The Balaban J connectivity index is 1.60. The maximum absolute atomic E-state index is 12.0. The third-order valence-electron chi connectivity index (χ3n) is 5.02. The van der Waals surface area contributed by atoms with Gasteiger partial charge in [0, 0.05) is 38.5 Å². The van der Waals surface area contributed by atoms with Gasteiger partial charge >= 0.3 is 0 Å². The minimum Gasteiger partial charge on any atom is -0.301 e. The Morgan fingerprint density at radius 3 is 1.82 bits per heavy atom. The van der Waals surface area contributed by atoms with Gasteiger partial charge in [0.25, 0.3) is 0 Å². The van der Waals surface area contributed by atoms with Crippen LogP contribution in [0.1, 0.15) is 93.1 Å². The Kier molecular flexibility index (Phi) is 12.7. The van der Waals surface area contributed by atoms with E-state index in [0.29, 0.717) is 43.7 Å². The minimum absolute atomic E-state index is 0.104. The third-order valence-corrected chi connectivity index (χ3v) is 6.90. The van der Waals surface area contributed by atoms with Gasteiger partial charge < -0.3 is 14.9 Å². The topological polar surface area (TPSA) is 132 Å². The first kappa shape index (κ1) is 27.8. The highest BCUT2D eigenvalue weighted by Gasteiger charge is 2.11. The molecule has 186 valence electrons. The predicted octanol–water partition coefficient (Wildman–Crippen LogP) is 4.30. The van der Waals surface area contributed by atoms with Crippen molar-refractivity contribution in [2.45, 2.75) is 97.3 Å². The van der Waals surface area contributed by atoms with Crippen LogP contribution < -0.4 is 5.32 Å². The first-order valence-electron chi connectivity index (χ1n) is 11.8. The van der Waals surface area contributed by atoms with Crippen molar-refractivity contribution < 1.29 is 19.2 Å². The van der Waals surface area contributed by atoms with E-state index in [1.807, 2.05) is 0 Å². The van der Waals surface area contributed by atoms with Crippen LogP contribution in [0.4, 0.5) is 5.13 Å². The predicted molar refractivity (Wildman–Crippen MR) is 132 cm³/mol. The van der Waals surface area contributed by atoms with Crippen LogP contribution in [0, 0.1) is 0 Å². The van der Waals surface area contributed by atoms with E-state index >= 15 is 0 Å². The zero-order chi connectivity index (χ0) is 24.8. The molecule has 1 N–H and O–H groups in total. The highest BCUT2D eigenvalue weighted by Crippen LogP contribution is 2.19. The molecule has 0 fully saturated rings. The van der Waals surface area contributed by atoms with E-state index in [1.54, 1.807) is 13.8 Å². The lowest BCUT2D eigenvalue weighted by Gasteiger charge is -2.00. The highest BCUT2D eigenvalue weighted by atomic mass is 32.1. The van der Waals surface area contributed by atoms with Gasteiger partial charge in [-0.15, -0.1) is 31.7 Å². The Bertz CT molecular complexity index is 881. The molecule has 2 aromatic rings. The number of carbonyl (C=O) groups excluding carboxylic acids is 4. The Morgan fingerprint density at radius 2 is 1.18 bits per heavy atom. The number of aromatic nitrogens is 4. The number of rotatable bonds is 18. The standard InChI is InChI=1S/C23H33N5O4S2/c1-16(29)9-3-5-11-18(31)15-22-27-25-20(33-22)13-7-8-14-21-26-28-23(34-21)24-19(32)12-6-4-10-17(2)30/h3-15H2,1-2H3,(H,24,28,32). The van der Waals surface area contributed by atoms with Crippen LogP contribution >= 0.6 is 22.7 Å². The molecule has 9 nitrogen and oxygen atoms in total. The quantitative estimate of drug-likeness (QED) is 0.295. The van der Waals surface area contributed by atoms with E-state index < -0.39 is 0 Å². The van der Waals surface area contributed by atoms with E-state index in [0.717, 1.165) is 60.0 Å². The molecule has 0 aromatic carbocycles. The monoisotopic (exact) mass is 507 g/mol. The van der Waals surface area contributed by atoms with Crippen LogP contribution in [0.25, 0.3) is 0 Å². The van der Waals surface area contributed by atoms with E-state index in [9.17, 15) is 19.2 Å². The number of anilines is 1. The molecule has 0 spiro atoms. The van der Waals surface area contributed by atoms with Gasteiger partial charge in [-0.2, -0.15) is 0 Å². The second kappa shape index (κ2) is 15.5. The lowest BCUT2D eigenvalue weighted by Crippen LogP contribution is -2.11. The zero-order valence-corrected chi connectivity index (χ0v) is 21.6. The van der Waals surface area contributed by atoms with Crippen LogP contribution in [0.15, 0.2) is 0 Å². The average Bonchev–Trinajstić information content (AvgIpc) is 3.41. The van der Waals surface area contributed by atoms with Crippen molar-refractivity contribution in [1.82, 2.24) is 20.4 Å². The van der Waals surface area contributed by atoms with Gasteiger partial charge in [0.05, 0.1) is 6.42 Å². The van der Waals surface area contributed by atoms with Crippen molar-refractivity contribution in [2.24, 2.45) is 0 Å². The second-order valence-corrected chi connectivity index (χ2v) is 10.6. The zero-order valence-electron chi connectivity index (χ0n) is 19.9. The molecule has 0 unspecified atom stereocenters. The summed E-state index contributed by atoms with van der Waals surface area (Å²) in [6.45, 7) is 3.12. The van der Waals surface area contributed by atoms with Gasteiger partial charge in [-0.1, -0.05) is 11.3 Å². The van der Waals surface area contributed by atoms with Crippen molar-refractivity contribution in [3.05, 3.63) is 15.0 Å². The molecule has 1 amide bonds. The molecule has 0 atom stereocenters. The summed E-state index contributed by atoms with van der Waals surface area (Å²) < 4.78 is 0. The molecule has 34 heavy (non-hydrogen) atoms. The normalized spacial score (nSPS) is 10.9. The van der Waals surface area contributed by atoms with Crippen molar-refractivity contribution >= 4 is 51.1 Å². The number of nitrogens with zero attached hydrogens (tertiary/aromatic N) is 4. The summed E-state index contributed by atoms with van der Waals surface area (Å²) >= 11 is 2.87. The van der Waals surface area contributed by atoms with Crippen molar-refractivity contribution in [1.29, 1.82) is 0 Å². The molecular formula is C23H33N5O4S2. The third kappa shape index (κ3) is 12.2. The Hall–Kier alpha value is -2.40. The number of ketones is 3. The van der Waals surface area contributed by atoms with Gasteiger partial charge in [0.1, 0.15) is 32.4 Å². The number of nitrogens with one attached hydrogen (secondary N) is 1. The molecule has 11 heteroatoms. The second-order valence-electron chi connectivity index (χ2n) is 8.38. The molecule has 0 saturated heterocycles. The van der Waals surface area contributed by atoms with Gasteiger partial charge in [-0.25, -0.2) is 0 Å². The molecule has 0 aliphatic carbocycles. The van der Waals surface area contributed by atoms with Crippen LogP contribution in [0.2, 0.25) is 0 Å². The number of carbonyl (C=O) groups is 4. The lowest BCUT2D eigenvalue weighted by molar-refractivity contribution is -0.119. The van der Waals surface area contributed by atoms with Crippen molar-refractivity contribution in [3.8, 4) is 0 Å². The van der Waals surface area contributed by atoms with Crippen molar-refractivity contribution in [3.63, 3.8) is 0 Å². The maximum atomic E-state index is 12.0. The number of amides is 1. The molecule has 0 aliphatic rings. The largest absolute Gasteiger partial charge is 0.301 e. The number of aryl methyl sites for hydroxylation is 2. The van der Waals surface area contributed by atoms with Crippen LogP contribution in [0.3, 0.4) is 0 Å². The average molecular weight is 508 g/mol. The fourth-order valence-electron chi connectivity index (χ4n) is 3.21. The van der Waals surface area contributed by atoms with E-state index in [4.69, 9.17) is 0 Å². The highest BCUT2D eigenvalue weighted by molar-refractivity contribution is 7.15. The molecular weight excluding hydrogens is 474 g/mol. The summed E-state index contributed by atoms with van der Waals surface area (Å²) in [4.78, 5) is 45.8. The number of hydrogen-bond donors (Lipinski definition) is 1. The number of unbranched alkanes of at least 4 members (excludes halogenated alkanes) is 3. The Morgan fingerprint density at radius 1 is 0.647 bits per heavy atom. The molecule has 0 saturated carbocycles. The molecule has 0 bridgehead atoms. The molecule has 0 radical (unpaired) electrons. The van der Waals surface area contributed by atoms with E-state index in [2.05, 4.69) is 25.7 Å². The van der Waals surface area contributed by atoms with Gasteiger partial charge in [-0.3, -0.25) is 9.59 Å². The molecule has 2 heterocycles. The van der Waals surface area contributed by atoms with E-state index in [1.165, 1.54) is 22.7 Å². The summed E-state index contributed by atoms with van der Waals surface area (Å²) in [5.41, 5.74) is 0. The summed E-state index contributed by atoms with van der Waals surface area (Å²) in [6.07, 6.45) is 8.51. The fourth-order valence-corrected chi connectivity index (χ4v) is 4.93. The summed E-state index contributed by atoms with van der Waals surface area (Å²) in [7, 11) is 0. The molecule has 2 aromatic heterocycles. The van der Waals surface area contributed by atoms with Crippen LogP contribution in [0.5, 0.6) is 0 Å². The molecule has 2 rings (SSSR count). The fraction of sp³-hybridized carbons (Fsp3) is 0.652. The van der Waals surface area contributed by atoms with Gasteiger partial charge in [0.2, 0.25) is 11.0 Å². The van der Waals surface area contributed by atoms with Gasteiger partial charge in [0.15, 0.2) is 0 Å². The van der Waals surface area contributed by atoms with Crippen LogP contribution in [-0.2, 0) is 38.4 Å².